The molecule has 0 saturated heterocycles. The monoisotopic (exact) mass is 259 g/mol. The molecule has 0 aliphatic rings. The zero-order valence-corrected chi connectivity index (χ0v) is 12.1. The van der Waals surface area contributed by atoms with Crippen molar-refractivity contribution in [3.05, 3.63) is 0 Å². The lowest BCUT2D eigenvalue weighted by Gasteiger charge is -2.08. The Morgan fingerprint density at radius 2 is 1.83 bits per heavy atom. The van der Waals surface area contributed by atoms with Crippen molar-refractivity contribution in [1.82, 2.24) is 5.32 Å². The molecule has 0 heterocycles. The van der Waals surface area contributed by atoms with E-state index in [-0.39, 0.29) is 0 Å². The molecule has 5 nitrogen and oxygen atoms in total. The predicted octanol–water partition coefficient (Wildman–Crippen LogP) is 1.38. The van der Waals surface area contributed by atoms with Crippen molar-refractivity contribution in [2.75, 3.05) is 39.5 Å². The summed E-state index contributed by atoms with van der Waals surface area (Å²) in [5, 5.41) is 3.01. The Hall–Kier alpha value is -0.810. The Labute approximate surface area is 111 Å². The molecule has 0 saturated carbocycles. The van der Waals surface area contributed by atoms with Crippen LogP contribution in [0.3, 0.4) is 0 Å². The van der Waals surface area contributed by atoms with Crippen molar-refractivity contribution in [3.8, 4) is 0 Å². The molecule has 0 radical (unpaired) electrons. The van der Waals surface area contributed by atoms with E-state index in [0.29, 0.717) is 38.2 Å². The second-order valence-electron chi connectivity index (χ2n) is 4.62. The second-order valence-corrected chi connectivity index (χ2v) is 4.62. The zero-order chi connectivity index (χ0) is 13.6. The van der Waals surface area contributed by atoms with Crippen molar-refractivity contribution in [3.63, 3.8) is 0 Å². The van der Waals surface area contributed by atoms with E-state index in [0.717, 1.165) is 19.6 Å². The second kappa shape index (κ2) is 12.6. The SMILES string of the molecule is CCCCOCCOCCNC(N)=NCC(C)C. The number of nitrogens with two attached hydrogens (primary N) is 1. The largest absolute Gasteiger partial charge is 0.379 e. The summed E-state index contributed by atoms with van der Waals surface area (Å²) >= 11 is 0. The van der Waals surface area contributed by atoms with Gasteiger partial charge in [-0.05, 0) is 12.3 Å². The summed E-state index contributed by atoms with van der Waals surface area (Å²) in [5.41, 5.74) is 5.68. The number of nitrogens with zero attached hydrogens (tertiary/aromatic N) is 1. The lowest BCUT2D eigenvalue weighted by Crippen LogP contribution is -2.34. The van der Waals surface area contributed by atoms with Gasteiger partial charge in [-0.2, -0.15) is 0 Å². The highest BCUT2D eigenvalue weighted by Gasteiger charge is 1.94. The maximum atomic E-state index is 5.68. The molecule has 0 amide bonds. The van der Waals surface area contributed by atoms with Crippen LogP contribution in [0, 0.1) is 5.92 Å². The van der Waals surface area contributed by atoms with Crippen LogP contribution in [0.5, 0.6) is 0 Å². The van der Waals surface area contributed by atoms with Gasteiger partial charge in [-0.1, -0.05) is 27.2 Å². The zero-order valence-electron chi connectivity index (χ0n) is 12.1. The van der Waals surface area contributed by atoms with Gasteiger partial charge in [0.05, 0.1) is 19.8 Å². The Kier molecular flexibility index (Phi) is 12.1. The Morgan fingerprint density at radius 3 is 2.44 bits per heavy atom. The van der Waals surface area contributed by atoms with Gasteiger partial charge in [0.15, 0.2) is 5.96 Å². The highest BCUT2D eigenvalue weighted by atomic mass is 16.5. The number of ether oxygens (including phenoxy) is 2. The molecule has 0 fully saturated rings. The third kappa shape index (κ3) is 13.3. The molecule has 0 aliphatic carbocycles. The van der Waals surface area contributed by atoms with Gasteiger partial charge in [-0.3, -0.25) is 4.99 Å². The van der Waals surface area contributed by atoms with E-state index < -0.39 is 0 Å². The number of hydrogen-bond acceptors (Lipinski definition) is 3. The van der Waals surface area contributed by atoms with Gasteiger partial charge in [0.25, 0.3) is 0 Å². The summed E-state index contributed by atoms with van der Waals surface area (Å²) in [7, 11) is 0. The third-order valence-corrected chi connectivity index (χ3v) is 2.19. The van der Waals surface area contributed by atoms with Crippen molar-refractivity contribution < 1.29 is 9.47 Å². The number of nitrogens with one attached hydrogen (secondary N) is 1. The lowest BCUT2D eigenvalue weighted by molar-refractivity contribution is 0.0487. The minimum atomic E-state index is 0.492. The van der Waals surface area contributed by atoms with Gasteiger partial charge in [0.2, 0.25) is 0 Å². The fourth-order valence-corrected chi connectivity index (χ4v) is 1.16. The number of aliphatic imine (C=N–C) groups is 1. The molecule has 18 heavy (non-hydrogen) atoms. The normalized spacial score (nSPS) is 12.1. The van der Waals surface area contributed by atoms with Crippen molar-refractivity contribution >= 4 is 5.96 Å². The first kappa shape index (κ1) is 17.2. The molecule has 0 aromatic rings. The van der Waals surface area contributed by atoms with Gasteiger partial charge in [0, 0.05) is 19.7 Å². The maximum absolute atomic E-state index is 5.68. The van der Waals surface area contributed by atoms with Crippen LogP contribution in [-0.2, 0) is 9.47 Å². The van der Waals surface area contributed by atoms with Crippen LogP contribution in [0.4, 0.5) is 0 Å². The fraction of sp³-hybridized carbons (Fsp3) is 0.923. The van der Waals surface area contributed by atoms with Crippen LogP contribution in [-0.4, -0.2) is 45.5 Å². The molecule has 5 heteroatoms. The van der Waals surface area contributed by atoms with E-state index in [1.54, 1.807) is 0 Å². The lowest BCUT2D eigenvalue weighted by atomic mass is 10.2. The molecule has 0 bridgehead atoms. The number of hydrogen-bond donors (Lipinski definition) is 2. The van der Waals surface area contributed by atoms with Crippen LogP contribution >= 0.6 is 0 Å². The van der Waals surface area contributed by atoms with Crippen molar-refractivity contribution in [2.24, 2.45) is 16.6 Å². The quantitative estimate of drug-likeness (QED) is 0.334. The van der Waals surface area contributed by atoms with Crippen LogP contribution in [0.25, 0.3) is 0 Å². The first-order chi connectivity index (χ1) is 8.66. The third-order valence-electron chi connectivity index (χ3n) is 2.19. The first-order valence-electron chi connectivity index (χ1n) is 6.86. The first-order valence-corrected chi connectivity index (χ1v) is 6.86. The summed E-state index contributed by atoms with van der Waals surface area (Å²) < 4.78 is 10.8. The van der Waals surface area contributed by atoms with Crippen LogP contribution in [0.15, 0.2) is 4.99 Å². The molecule has 108 valence electrons. The minimum absolute atomic E-state index is 0.492. The number of rotatable bonds is 11. The highest BCUT2D eigenvalue weighted by molar-refractivity contribution is 5.77. The molecule has 0 aromatic heterocycles. The summed E-state index contributed by atoms with van der Waals surface area (Å²) in [5.74, 6) is 1.02. The summed E-state index contributed by atoms with van der Waals surface area (Å²) in [6.07, 6.45) is 2.28. The van der Waals surface area contributed by atoms with Gasteiger partial charge in [0.1, 0.15) is 0 Å². The van der Waals surface area contributed by atoms with Gasteiger partial charge in [-0.25, -0.2) is 0 Å². The summed E-state index contributed by atoms with van der Waals surface area (Å²) in [6, 6.07) is 0. The topological polar surface area (TPSA) is 68.9 Å². The van der Waals surface area contributed by atoms with E-state index in [1.165, 1.54) is 6.42 Å². The molecular weight excluding hydrogens is 230 g/mol. The molecule has 0 spiro atoms. The number of unbranched alkanes of at least 4 members (excludes halogenated alkanes) is 1. The Morgan fingerprint density at radius 1 is 1.17 bits per heavy atom. The van der Waals surface area contributed by atoms with E-state index in [9.17, 15) is 0 Å². The average Bonchev–Trinajstić information content (AvgIpc) is 2.34. The predicted molar refractivity (Wildman–Crippen MR) is 75.9 cm³/mol. The average molecular weight is 259 g/mol. The van der Waals surface area contributed by atoms with Crippen molar-refractivity contribution in [1.29, 1.82) is 0 Å². The standard InChI is InChI=1S/C13H29N3O2/c1-4-5-7-17-9-10-18-8-6-15-13(14)16-11-12(2)3/h12H,4-11H2,1-3H3,(H3,14,15,16). The molecule has 0 rings (SSSR count). The van der Waals surface area contributed by atoms with E-state index in [1.807, 2.05) is 0 Å². The minimum Gasteiger partial charge on any atom is -0.379 e. The molecule has 3 N–H and O–H groups in total. The van der Waals surface area contributed by atoms with Crippen LogP contribution in [0.2, 0.25) is 0 Å². The molecule has 0 atom stereocenters. The smallest absolute Gasteiger partial charge is 0.188 e. The van der Waals surface area contributed by atoms with Gasteiger partial charge >= 0.3 is 0 Å². The molecule has 0 aliphatic heterocycles. The Balaban J connectivity index is 3.22. The highest BCUT2D eigenvalue weighted by Crippen LogP contribution is 1.90. The van der Waals surface area contributed by atoms with E-state index >= 15 is 0 Å². The fourth-order valence-electron chi connectivity index (χ4n) is 1.16. The molecular formula is C13H29N3O2. The van der Waals surface area contributed by atoms with E-state index in [4.69, 9.17) is 15.2 Å². The van der Waals surface area contributed by atoms with Crippen LogP contribution < -0.4 is 11.1 Å². The van der Waals surface area contributed by atoms with Crippen molar-refractivity contribution in [2.45, 2.75) is 33.6 Å². The molecule has 0 aromatic carbocycles. The molecule has 0 unspecified atom stereocenters. The van der Waals surface area contributed by atoms with Gasteiger partial charge in [-0.15, -0.1) is 0 Å². The summed E-state index contributed by atoms with van der Waals surface area (Å²) in [4.78, 5) is 4.19. The van der Waals surface area contributed by atoms with E-state index in [2.05, 4.69) is 31.1 Å². The van der Waals surface area contributed by atoms with Crippen LogP contribution in [0.1, 0.15) is 33.6 Å². The Bertz CT molecular complexity index is 208. The summed E-state index contributed by atoms with van der Waals surface area (Å²) in [6.45, 7) is 10.5. The van der Waals surface area contributed by atoms with Gasteiger partial charge < -0.3 is 20.5 Å². The maximum Gasteiger partial charge on any atom is 0.188 e. The number of guanidine groups is 1.